The molecular formula is C40H32F5NO6S. The van der Waals surface area contributed by atoms with Crippen molar-refractivity contribution >= 4 is 23.6 Å². The fourth-order valence-electron chi connectivity index (χ4n) is 5.98. The van der Waals surface area contributed by atoms with E-state index in [1.165, 1.54) is 11.8 Å². The highest BCUT2D eigenvalue weighted by Gasteiger charge is 2.38. The lowest BCUT2D eigenvalue weighted by Crippen LogP contribution is -2.38. The third-order valence-electron chi connectivity index (χ3n) is 8.95. The maximum absolute atomic E-state index is 14.2. The van der Waals surface area contributed by atoms with Crippen molar-refractivity contribution in [1.82, 2.24) is 5.32 Å². The third-order valence-corrected chi connectivity index (χ3v) is 10.0. The summed E-state index contributed by atoms with van der Waals surface area (Å²) in [5.41, 5.74) is 2.93. The molecule has 5 aromatic carbocycles. The fraction of sp³-hybridized carbons (Fsp3) is 0.200. The number of carboxylic acids is 1. The van der Waals surface area contributed by atoms with Crippen molar-refractivity contribution in [2.45, 2.75) is 43.5 Å². The summed E-state index contributed by atoms with van der Waals surface area (Å²) in [6.45, 7) is 1.67. The summed E-state index contributed by atoms with van der Waals surface area (Å²) in [4.78, 5) is 24.7. The van der Waals surface area contributed by atoms with Crippen LogP contribution in [0.15, 0.2) is 102 Å². The van der Waals surface area contributed by atoms with Gasteiger partial charge in [-0.1, -0.05) is 67.6 Å². The second kappa shape index (κ2) is 16.3. The minimum absolute atomic E-state index is 0.0985. The van der Waals surface area contributed by atoms with Crippen molar-refractivity contribution in [3.05, 3.63) is 160 Å². The van der Waals surface area contributed by atoms with E-state index in [-0.39, 0.29) is 36.8 Å². The molecule has 0 saturated carbocycles. The summed E-state index contributed by atoms with van der Waals surface area (Å²) in [7, 11) is 0. The molecule has 1 saturated heterocycles. The van der Waals surface area contributed by atoms with Crippen LogP contribution in [0, 0.1) is 35.0 Å². The number of hydrogen-bond acceptors (Lipinski definition) is 6. The van der Waals surface area contributed by atoms with E-state index < -0.39 is 52.8 Å². The van der Waals surface area contributed by atoms with Gasteiger partial charge in [0.1, 0.15) is 5.56 Å². The number of nitrogens with one attached hydrogen (secondary N) is 1. The Bertz CT molecular complexity index is 2100. The summed E-state index contributed by atoms with van der Waals surface area (Å²) < 4.78 is 82.3. The first kappa shape index (κ1) is 37.7. The number of hydrogen-bond donors (Lipinski definition) is 3. The number of amides is 1. The fourth-order valence-corrected chi connectivity index (χ4v) is 7.05. The van der Waals surface area contributed by atoms with E-state index in [9.17, 15) is 41.8 Å². The third kappa shape index (κ3) is 8.28. The van der Waals surface area contributed by atoms with E-state index in [2.05, 4.69) is 5.32 Å². The van der Waals surface area contributed by atoms with Crippen LogP contribution in [0.1, 0.15) is 62.3 Å². The topological polar surface area (TPSA) is 105 Å². The Morgan fingerprint density at radius 1 is 0.736 bits per heavy atom. The maximum Gasteiger partial charge on any atom is 0.335 e. The van der Waals surface area contributed by atoms with Crippen molar-refractivity contribution in [1.29, 1.82) is 0 Å². The highest BCUT2D eigenvalue weighted by Crippen LogP contribution is 2.43. The van der Waals surface area contributed by atoms with Crippen molar-refractivity contribution in [3.63, 3.8) is 0 Å². The molecule has 5 aromatic rings. The predicted octanol–water partition coefficient (Wildman–Crippen LogP) is 8.75. The monoisotopic (exact) mass is 749 g/mol. The lowest BCUT2D eigenvalue weighted by molar-refractivity contribution is -0.268. The van der Waals surface area contributed by atoms with Crippen molar-refractivity contribution in [3.8, 4) is 11.1 Å². The van der Waals surface area contributed by atoms with E-state index in [0.717, 1.165) is 21.6 Å². The summed E-state index contributed by atoms with van der Waals surface area (Å²) >= 11 is 1.53. The number of carbonyl (C=O) groups excluding carboxylic acids is 1. The number of carbonyl (C=O) groups is 2. The van der Waals surface area contributed by atoms with Crippen molar-refractivity contribution < 1.29 is 51.2 Å². The van der Waals surface area contributed by atoms with Gasteiger partial charge in [-0.25, -0.2) is 26.7 Å². The molecule has 53 heavy (non-hydrogen) atoms. The second-order valence-corrected chi connectivity index (χ2v) is 13.5. The number of aliphatic hydroxyl groups is 1. The Morgan fingerprint density at radius 2 is 1.36 bits per heavy atom. The maximum atomic E-state index is 14.2. The largest absolute Gasteiger partial charge is 0.478 e. The van der Waals surface area contributed by atoms with Gasteiger partial charge in [0, 0.05) is 28.7 Å². The van der Waals surface area contributed by atoms with Crippen molar-refractivity contribution in [2.75, 3.05) is 5.75 Å². The van der Waals surface area contributed by atoms with Gasteiger partial charge >= 0.3 is 5.97 Å². The van der Waals surface area contributed by atoms with Gasteiger partial charge in [-0.15, -0.1) is 11.8 Å². The van der Waals surface area contributed by atoms with Gasteiger partial charge in [0.25, 0.3) is 5.91 Å². The van der Waals surface area contributed by atoms with Crippen LogP contribution < -0.4 is 5.32 Å². The Morgan fingerprint density at radius 3 is 2.00 bits per heavy atom. The van der Waals surface area contributed by atoms with E-state index in [1.807, 2.05) is 55.5 Å². The first-order valence-corrected chi connectivity index (χ1v) is 17.4. The van der Waals surface area contributed by atoms with E-state index >= 15 is 0 Å². The normalized spacial score (nSPS) is 18.5. The average Bonchev–Trinajstić information content (AvgIpc) is 3.18. The summed E-state index contributed by atoms with van der Waals surface area (Å²) in [5.74, 6) is -13.2. The van der Waals surface area contributed by atoms with Crippen molar-refractivity contribution in [2.24, 2.45) is 5.92 Å². The van der Waals surface area contributed by atoms with Gasteiger partial charge in [-0.3, -0.25) is 4.79 Å². The number of carboxylic acid groups (broad SMARTS) is 1. The second-order valence-electron chi connectivity index (χ2n) is 12.4. The Hall–Kier alpha value is -5.08. The minimum Gasteiger partial charge on any atom is -0.478 e. The molecule has 1 aliphatic heterocycles. The first-order chi connectivity index (χ1) is 25.4. The number of thioether (sulfide) groups is 1. The van der Waals surface area contributed by atoms with Gasteiger partial charge in [0.2, 0.25) is 5.82 Å². The molecule has 0 aliphatic carbocycles. The molecule has 1 aliphatic rings. The highest BCUT2D eigenvalue weighted by molar-refractivity contribution is 7.99. The quantitative estimate of drug-likeness (QED) is 0.0537. The Labute approximate surface area is 305 Å². The summed E-state index contributed by atoms with van der Waals surface area (Å²) in [6.07, 6.45) is -1.47. The number of aromatic carboxylic acids is 1. The van der Waals surface area contributed by atoms with Crippen LogP contribution in [0.5, 0.6) is 0 Å². The number of rotatable bonds is 11. The number of benzene rings is 5. The van der Waals surface area contributed by atoms with E-state index in [4.69, 9.17) is 9.47 Å². The zero-order chi connectivity index (χ0) is 37.8. The number of aliphatic hydroxyl groups excluding tert-OH is 1. The van der Waals surface area contributed by atoms with Crippen LogP contribution in [0.25, 0.3) is 11.1 Å². The molecule has 0 unspecified atom stereocenters. The zero-order valence-corrected chi connectivity index (χ0v) is 28.8. The van der Waals surface area contributed by atoms with Gasteiger partial charge in [-0.2, -0.15) is 0 Å². The zero-order valence-electron chi connectivity index (χ0n) is 28.0. The lowest BCUT2D eigenvalue weighted by atomic mass is 9.91. The summed E-state index contributed by atoms with van der Waals surface area (Å²) in [6, 6.07) is 28.4. The molecule has 0 aromatic heterocycles. The molecule has 7 nitrogen and oxygen atoms in total. The molecule has 1 amide bonds. The standard InChI is InChI=1S/C40H32F5NO6S/c1-21-30(20-53-29-14-12-25(13-15-29)39(49)50)51-40(52-37(21)24-10-8-22(19-47)9-11-24)28-7-3-6-27(17-28)26-5-2-4-23(16-26)18-46-38(48)31-32(41)34(43)36(45)35(44)33(31)42/h2-17,21,30,37,40,47H,18-20H2,1H3,(H,46,48)(H,49,50)/t21-,30+,37+,40+/m0/s1. The minimum atomic E-state index is -2.35. The lowest BCUT2D eigenvalue weighted by Gasteiger charge is -2.41. The smallest absolute Gasteiger partial charge is 0.335 e. The number of halogens is 5. The van der Waals surface area contributed by atoms with Crippen LogP contribution in [-0.4, -0.2) is 33.9 Å². The van der Waals surface area contributed by atoms with Crippen LogP contribution >= 0.6 is 11.8 Å². The van der Waals surface area contributed by atoms with E-state index in [0.29, 0.717) is 22.4 Å². The van der Waals surface area contributed by atoms with Crippen LogP contribution in [-0.2, 0) is 22.6 Å². The molecule has 0 radical (unpaired) electrons. The predicted molar refractivity (Wildman–Crippen MR) is 186 cm³/mol. The molecule has 274 valence electrons. The number of ether oxygens (including phenoxy) is 2. The Balaban J connectivity index is 1.22. The van der Waals surface area contributed by atoms with Gasteiger partial charge in [-0.05, 0) is 64.2 Å². The molecular weight excluding hydrogens is 717 g/mol. The Kier molecular flexibility index (Phi) is 11.6. The molecule has 0 spiro atoms. The molecule has 4 atom stereocenters. The van der Waals surface area contributed by atoms with Gasteiger partial charge < -0.3 is 25.0 Å². The van der Waals surface area contributed by atoms with Gasteiger partial charge in [0.15, 0.2) is 29.6 Å². The SMILES string of the molecule is C[C@H]1[C@@H](CSc2ccc(C(=O)O)cc2)O[C@@H](c2cccc(-c3cccc(CNC(=O)c4c(F)c(F)c(F)c(F)c4F)c3)c2)O[C@H]1c1ccc(CO)cc1. The van der Waals surface area contributed by atoms with Crippen LogP contribution in [0.2, 0.25) is 0 Å². The van der Waals surface area contributed by atoms with E-state index in [1.54, 1.807) is 48.5 Å². The van der Waals surface area contributed by atoms with Gasteiger partial charge in [0.05, 0.1) is 24.4 Å². The van der Waals surface area contributed by atoms with Crippen LogP contribution in [0.4, 0.5) is 22.0 Å². The summed E-state index contributed by atoms with van der Waals surface area (Å²) in [5, 5.41) is 21.0. The first-order valence-electron chi connectivity index (χ1n) is 16.4. The molecule has 1 heterocycles. The van der Waals surface area contributed by atoms with Crippen LogP contribution in [0.3, 0.4) is 0 Å². The molecule has 13 heteroatoms. The molecule has 1 fully saturated rings. The molecule has 0 bridgehead atoms. The highest BCUT2D eigenvalue weighted by atomic mass is 32.2. The average molecular weight is 750 g/mol. The molecule has 3 N–H and O–H groups in total. The molecule has 6 rings (SSSR count).